The molecule has 0 spiro atoms. The van der Waals surface area contributed by atoms with Crippen molar-refractivity contribution in [3.63, 3.8) is 0 Å². The molecule has 1 aliphatic heterocycles. The molecule has 1 unspecified atom stereocenters. The van der Waals surface area contributed by atoms with E-state index in [1.165, 1.54) is 7.11 Å². The minimum absolute atomic E-state index is 0.179. The Labute approximate surface area is 107 Å². The molecular weight excluding hydrogens is 290 g/mol. The van der Waals surface area contributed by atoms with Crippen molar-refractivity contribution in [3.8, 4) is 11.5 Å². The van der Waals surface area contributed by atoms with Gasteiger partial charge in [-0.15, -0.1) is 0 Å². The third kappa shape index (κ3) is 2.37. The maximum Gasteiger partial charge on any atom is 0.322 e. The Bertz CT molecular complexity index is 449. The van der Waals surface area contributed by atoms with E-state index in [2.05, 4.69) is 20.7 Å². The van der Waals surface area contributed by atoms with Crippen molar-refractivity contribution in [2.24, 2.45) is 5.73 Å². The van der Waals surface area contributed by atoms with Gasteiger partial charge in [0.15, 0.2) is 11.5 Å². The van der Waals surface area contributed by atoms with Gasteiger partial charge in [-0.1, -0.05) is 6.07 Å². The lowest BCUT2D eigenvalue weighted by molar-refractivity contribution is -0.142. The topological polar surface area (TPSA) is 70.8 Å². The molecule has 1 aromatic rings. The third-order valence-electron chi connectivity index (χ3n) is 2.50. The number of fused-ring (bicyclic) bond motifs is 1. The normalized spacial score (nSPS) is 14.5. The molecule has 2 N–H and O–H groups in total. The largest absolute Gasteiger partial charge is 0.468 e. The summed E-state index contributed by atoms with van der Waals surface area (Å²) in [6.07, 6.45) is 0.353. The summed E-state index contributed by atoms with van der Waals surface area (Å²) in [5.74, 6) is 0.846. The number of hydrogen-bond acceptors (Lipinski definition) is 5. The molecular formula is C11H12BrNO4. The standard InChI is InChI=1S/C11H12BrNO4/c1-15-11(14)8(13)4-6-2-3-7(12)10-9(6)16-5-17-10/h2-3,8H,4-5,13H2,1H3. The Morgan fingerprint density at radius 3 is 2.94 bits per heavy atom. The van der Waals surface area contributed by atoms with Gasteiger partial charge in [-0.05, 0) is 22.0 Å². The van der Waals surface area contributed by atoms with Gasteiger partial charge in [-0.25, -0.2) is 0 Å². The van der Waals surface area contributed by atoms with Crippen LogP contribution in [0.1, 0.15) is 5.56 Å². The molecule has 0 aromatic heterocycles. The highest BCUT2D eigenvalue weighted by molar-refractivity contribution is 9.10. The monoisotopic (exact) mass is 301 g/mol. The zero-order valence-electron chi connectivity index (χ0n) is 9.23. The lowest BCUT2D eigenvalue weighted by atomic mass is 10.1. The summed E-state index contributed by atoms with van der Waals surface area (Å²) in [7, 11) is 1.31. The number of carbonyl (C=O) groups is 1. The molecule has 1 heterocycles. The predicted octanol–water partition coefficient (Wildman–Crippen LogP) is 1.22. The van der Waals surface area contributed by atoms with Crippen LogP contribution in [0, 0.1) is 0 Å². The molecule has 0 fully saturated rings. The number of benzene rings is 1. The molecule has 5 nitrogen and oxygen atoms in total. The Morgan fingerprint density at radius 2 is 2.24 bits per heavy atom. The molecule has 1 atom stereocenters. The van der Waals surface area contributed by atoms with E-state index in [9.17, 15) is 4.79 Å². The predicted molar refractivity (Wildman–Crippen MR) is 64.0 cm³/mol. The molecule has 1 aromatic carbocycles. The van der Waals surface area contributed by atoms with Crippen LogP contribution in [-0.2, 0) is 16.0 Å². The summed E-state index contributed by atoms with van der Waals surface area (Å²) in [6, 6.07) is 2.99. The van der Waals surface area contributed by atoms with E-state index < -0.39 is 12.0 Å². The first-order valence-corrected chi connectivity index (χ1v) is 5.83. The minimum Gasteiger partial charge on any atom is -0.468 e. The van der Waals surface area contributed by atoms with E-state index in [0.717, 1.165) is 10.0 Å². The quantitative estimate of drug-likeness (QED) is 0.850. The Kier molecular flexibility index (Phi) is 3.54. The van der Waals surface area contributed by atoms with Crippen LogP contribution in [0.15, 0.2) is 16.6 Å². The number of halogens is 1. The summed E-state index contributed by atoms with van der Waals surface area (Å²) in [5.41, 5.74) is 6.54. The van der Waals surface area contributed by atoms with Gasteiger partial charge >= 0.3 is 5.97 Å². The van der Waals surface area contributed by atoms with Gasteiger partial charge in [0, 0.05) is 12.0 Å². The van der Waals surface area contributed by atoms with Gasteiger partial charge in [0.05, 0.1) is 11.6 Å². The average molecular weight is 302 g/mol. The summed E-state index contributed by atoms with van der Waals surface area (Å²) < 4.78 is 16.1. The molecule has 17 heavy (non-hydrogen) atoms. The minimum atomic E-state index is -0.700. The molecule has 0 amide bonds. The third-order valence-corrected chi connectivity index (χ3v) is 3.12. The van der Waals surface area contributed by atoms with Gasteiger partial charge in [0.2, 0.25) is 6.79 Å². The zero-order chi connectivity index (χ0) is 12.4. The van der Waals surface area contributed by atoms with E-state index in [0.29, 0.717) is 17.9 Å². The van der Waals surface area contributed by atoms with Gasteiger partial charge in [0.25, 0.3) is 0 Å². The van der Waals surface area contributed by atoms with Gasteiger partial charge in [0.1, 0.15) is 6.04 Å². The zero-order valence-corrected chi connectivity index (χ0v) is 10.8. The maximum atomic E-state index is 11.3. The second kappa shape index (κ2) is 4.93. The number of nitrogens with two attached hydrogens (primary N) is 1. The summed E-state index contributed by atoms with van der Waals surface area (Å²) in [6.45, 7) is 0.179. The van der Waals surface area contributed by atoms with Crippen molar-refractivity contribution in [2.75, 3.05) is 13.9 Å². The Hall–Kier alpha value is -1.27. The van der Waals surface area contributed by atoms with Crippen LogP contribution in [0.4, 0.5) is 0 Å². The number of methoxy groups -OCH3 is 1. The average Bonchev–Trinajstić information content (AvgIpc) is 2.81. The molecule has 0 saturated heterocycles. The Morgan fingerprint density at radius 1 is 1.53 bits per heavy atom. The van der Waals surface area contributed by atoms with Crippen LogP contribution in [0.25, 0.3) is 0 Å². The summed E-state index contributed by atoms with van der Waals surface area (Å²) >= 11 is 3.36. The molecule has 0 radical (unpaired) electrons. The van der Waals surface area contributed by atoms with Gasteiger partial charge < -0.3 is 19.9 Å². The highest BCUT2D eigenvalue weighted by atomic mass is 79.9. The van der Waals surface area contributed by atoms with E-state index in [-0.39, 0.29) is 6.79 Å². The number of carbonyl (C=O) groups excluding carboxylic acids is 1. The SMILES string of the molecule is COC(=O)C(N)Cc1ccc(Br)c2c1OCO2. The van der Waals surface area contributed by atoms with Crippen LogP contribution in [0.2, 0.25) is 0 Å². The number of ether oxygens (including phenoxy) is 3. The Balaban J connectivity index is 2.23. The van der Waals surface area contributed by atoms with Crippen molar-refractivity contribution in [1.29, 1.82) is 0 Å². The molecule has 92 valence electrons. The molecule has 6 heteroatoms. The first kappa shape index (κ1) is 12.2. The van der Waals surface area contributed by atoms with Crippen LogP contribution >= 0.6 is 15.9 Å². The lowest BCUT2D eigenvalue weighted by Crippen LogP contribution is -2.33. The summed E-state index contributed by atoms with van der Waals surface area (Å²) in [4.78, 5) is 11.3. The fourth-order valence-electron chi connectivity index (χ4n) is 1.65. The summed E-state index contributed by atoms with van der Waals surface area (Å²) in [5, 5.41) is 0. The second-order valence-corrected chi connectivity index (χ2v) is 4.46. The van der Waals surface area contributed by atoms with Crippen molar-refractivity contribution in [1.82, 2.24) is 0 Å². The second-order valence-electron chi connectivity index (χ2n) is 3.61. The first-order chi connectivity index (χ1) is 8.13. The highest BCUT2D eigenvalue weighted by Crippen LogP contribution is 2.41. The van der Waals surface area contributed by atoms with Crippen molar-refractivity contribution in [2.45, 2.75) is 12.5 Å². The molecule has 1 aliphatic rings. The van der Waals surface area contributed by atoms with Crippen LogP contribution in [-0.4, -0.2) is 25.9 Å². The molecule has 2 rings (SSSR count). The number of hydrogen-bond donors (Lipinski definition) is 1. The van der Waals surface area contributed by atoms with Crippen molar-refractivity contribution >= 4 is 21.9 Å². The fraction of sp³-hybridized carbons (Fsp3) is 0.364. The number of rotatable bonds is 3. The van der Waals surface area contributed by atoms with Gasteiger partial charge in [-0.3, -0.25) is 4.79 Å². The van der Waals surface area contributed by atoms with Crippen LogP contribution in [0.3, 0.4) is 0 Å². The molecule has 0 saturated carbocycles. The van der Waals surface area contributed by atoms with Gasteiger partial charge in [-0.2, -0.15) is 0 Å². The number of esters is 1. The van der Waals surface area contributed by atoms with Crippen molar-refractivity contribution in [3.05, 3.63) is 22.2 Å². The molecule has 0 bridgehead atoms. The van der Waals surface area contributed by atoms with Crippen LogP contribution in [0.5, 0.6) is 11.5 Å². The lowest BCUT2D eigenvalue weighted by Gasteiger charge is -2.11. The van der Waals surface area contributed by atoms with E-state index in [4.69, 9.17) is 15.2 Å². The van der Waals surface area contributed by atoms with Crippen LogP contribution < -0.4 is 15.2 Å². The van der Waals surface area contributed by atoms with Crippen molar-refractivity contribution < 1.29 is 19.0 Å². The highest BCUT2D eigenvalue weighted by Gasteiger charge is 2.24. The van der Waals surface area contributed by atoms with E-state index >= 15 is 0 Å². The smallest absolute Gasteiger partial charge is 0.322 e. The maximum absolute atomic E-state index is 11.3. The van der Waals surface area contributed by atoms with E-state index in [1.807, 2.05) is 12.1 Å². The molecule has 0 aliphatic carbocycles. The first-order valence-electron chi connectivity index (χ1n) is 5.04. The fourth-order valence-corrected chi connectivity index (χ4v) is 2.08. The van der Waals surface area contributed by atoms with E-state index in [1.54, 1.807) is 0 Å².